The molecule has 0 fully saturated rings. The zero-order valence-corrected chi connectivity index (χ0v) is 20.0. The van der Waals surface area contributed by atoms with Crippen LogP contribution in [0.5, 0.6) is 0 Å². The predicted molar refractivity (Wildman–Crippen MR) is 132 cm³/mol. The van der Waals surface area contributed by atoms with Crippen LogP contribution in [0, 0.1) is 13.8 Å². The SMILES string of the molecule is C=CCn1c(CSCc2ccc(C)cc2)nnc1SCC(=O)Nc1ccc(Cl)cc1C. The van der Waals surface area contributed by atoms with Gasteiger partial charge in [-0.1, -0.05) is 59.3 Å². The molecular weight excluding hydrogens is 448 g/mol. The molecule has 0 aliphatic carbocycles. The van der Waals surface area contributed by atoms with Crippen LogP contribution >= 0.6 is 35.1 Å². The maximum Gasteiger partial charge on any atom is 0.234 e. The van der Waals surface area contributed by atoms with Crippen molar-refractivity contribution in [1.82, 2.24) is 14.8 Å². The van der Waals surface area contributed by atoms with Crippen LogP contribution in [-0.2, 0) is 22.8 Å². The number of allylic oxidation sites excluding steroid dienone is 1. The van der Waals surface area contributed by atoms with E-state index in [0.29, 0.717) is 16.7 Å². The highest BCUT2D eigenvalue weighted by molar-refractivity contribution is 7.99. The largest absolute Gasteiger partial charge is 0.325 e. The molecule has 0 saturated carbocycles. The van der Waals surface area contributed by atoms with Gasteiger partial charge in [0.2, 0.25) is 5.91 Å². The number of halogens is 1. The molecule has 162 valence electrons. The minimum atomic E-state index is -0.0983. The summed E-state index contributed by atoms with van der Waals surface area (Å²) in [6.45, 7) is 8.44. The van der Waals surface area contributed by atoms with Crippen molar-refractivity contribution in [2.75, 3.05) is 11.1 Å². The Morgan fingerprint density at radius 3 is 2.65 bits per heavy atom. The zero-order valence-electron chi connectivity index (χ0n) is 17.6. The summed E-state index contributed by atoms with van der Waals surface area (Å²) in [6, 6.07) is 14.0. The molecule has 0 atom stereocenters. The summed E-state index contributed by atoms with van der Waals surface area (Å²) < 4.78 is 2.01. The lowest BCUT2D eigenvalue weighted by atomic mass is 10.2. The van der Waals surface area contributed by atoms with Gasteiger partial charge in [0.1, 0.15) is 5.82 Å². The number of thioether (sulfide) groups is 2. The average Bonchev–Trinajstić information content (AvgIpc) is 3.12. The van der Waals surface area contributed by atoms with E-state index in [1.54, 1.807) is 17.8 Å². The Labute approximate surface area is 196 Å². The molecule has 0 saturated heterocycles. The number of aromatic nitrogens is 3. The monoisotopic (exact) mass is 472 g/mol. The summed E-state index contributed by atoms with van der Waals surface area (Å²) in [5, 5.41) is 12.9. The Morgan fingerprint density at radius 2 is 1.94 bits per heavy atom. The standard InChI is InChI=1S/C23H25ClN4OS2/c1-4-11-28-21(14-30-13-18-7-5-16(2)6-8-18)26-27-23(28)31-15-22(29)25-20-10-9-19(24)12-17(20)3/h4-10,12H,1,11,13-15H2,2-3H3,(H,25,29). The molecule has 1 aromatic heterocycles. The molecule has 1 heterocycles. The highest BCUT2D eigenvalue weighted by atomic mass is 35.5. The van der Waals surface area contributed by atoms with E-state index >= 15 is 0 Å². The van der Waals surface area contributed by atoms with E-state index in [1.807, 2.05) is 29.7 Å². The first-order chi connectivity index (χ1) is 15.0. The topological polar surface area (TPSA) is 59.8 Å². The number of rotatable bonds is 10. The Balaban J connectivity index is 1.56. The van der Waals surface area contributed by atoms with Gasteiger partial charge in [0.05, 0.1) is 11.5 Å². The van der Waals surface area contributed by atoms with Crippen LogP contribution in [0.1, 0.15) is 22.5 Å². The number of carbonyl (C=O) groups is 1. The lowest BCUT2D eigenvalue weighted by Crippen LogP contribution is -2.15. The minimum absolute atomic E-state index is 0.0983. The summed E-state index contributed by atoms with van der Waals surface area (Å²) in [6.07, 6.45) is 1.82. The van der Waals surface area contributed by atoms with E-state index in [2.05, 4.69) is 53.3 Å². The summed E-state index contributed by atoms with van der Waals surface area (Å²) in [4.78, 5) is 12.4. The van der Waals surface area contributed by atoms with Crippen LogP contribution in [0.3, 0.4) is 0 Å². The molecule has 0 bridgehead atoms. The molecule has 1 amide bonds. The Morgan fingerprint density at radius 1 is 1.16 bits per heavy atom. The van der Waals surface area contributed by atoms with Crippen LogP contribution < -0.4 is 5.32 Å². The van der Waals surface area contributed by atoms with Crippen molar-refractivity contribution in [3.63, 3.8) is 0 Å². The van der Waals surface area contributed by atoms with Crippen molar-refractivity contribution in [1.29, 1.82) is 0 Å². The van der Waals surface area contributed by atoms with Crippen LogP contribution in [-0.4, -0.2) is 26.4 Å². The van der Waals surface area contributed by atoms with Crippen molar-refractivity contribution < 1.29 is 4.79 Å². The third-order valence-electron chi connectivity index (χ3n) is 4.52. The second-order valence-electron chi connectivity index (χ2n) is 7.07. The molecule has 8 heteroatoms. The van der Waals surface area contributed by atoms with Gasteiger partial charge in [0.15, 0.2) is 5.16 Å². The van der Waals surface area contributed by atoms with Crippen molar-refractivity contribution in [2.24, 2.45) is 0 Å². The first-order valence-corrected chi connectivity index (χ1v) is 12.3. The van der Waals surface area contributed by atoms with E-state index in [-0.39, 0.29) is 11.7 Å². The normalized spacial score (nSPS) is 10.8. The van der Waals surface area contributed by atoms with Crippen molar-refractivity contribution in [2.45, 2.75) is 37.1 Å². The van der Waals surface area contributed by atoms with E-state index in [0.717, 1.165) is 28.6 Å². The van der Waals surface area contributed by atoms with Gasteiger partial charge in [0.25, 0.3) is 0 Å². The highest BCUT2D eigenvalue weighted by Gasteiger charge is 2.14. The van der Waals surface area contributed by atoms with Gasteiger partial charge >= 0.3 is 0 Å². The van der Waals surface area contributed by atoms with Gasteiger partial charge in [-0.15, -0.1) is 28.5 Å². The van der Waals surface area contributed by atoms with Crippen LogP contribution in [0.4, 0.5) is 5.69 Å². The van der Waals surface area contributed by atoms with E-state index in [9.17, 15) is 4.79 Å². The molecule has 31 heavy (non-hydrogen) atoms. The average molecular weight is 473 g/mol. The predicted octanol–water partition coefficient (Wildman–Crippen LogP) is 5.90. The third kappa shape index (κ3) is 6.89. The summed E-state index contributed by atoms with van der Waals surface area (Å²) in [7, 11) is 0. The smallest absolute Gasteiger partial charge is 0.234 e. The lowest BCUT2D eigenvalue weighted by Gasteiger charge is -2.10. The molecular formula is C23H25ClN4OS2. The van der Waals surface area contributed by atoms with Gasteiger partial charge in [-0.2, -0.15) is 0 Å². The number of hydrogen-bond acceptors (Lipinski definition) is 5. The fraction of sp³-hybridized carbons (Fsp3) is 0.261. The Bertz CT molecular complexity index is 1050. The van der Waals surface area contributed by atoms with Gasteiger partial charge in [-0.3, -0.25) is 4.79 Å². The number of benzene rings is 2. The molecule has 0 radical (unpaired) electrons. The summed E-state index contributed by atoms with van der Waals surface area (Å²) >= 11 is 9.14. The van der Waals surface area contributed by atoms with Crippen molar-refractivity contribution in [3.05, 3.63) is 82.7 Å². The number of nitrogens with zero attached hydrogens (tertiary/aromatic N) is 3. The minimum Gasteiger partial charge on any atom is -0.325 e. The second-order valence-corrected chi connectivity index (χ2v) is 9.44. The second kappa shape index (κ2) is 11.4. The number of aryl methyl sites for hydroxylation is 2. The van der Waals surface area contributed by atoms with Gasteiger partial charge in [-0.05, 0) is 43.2 Å². The summed E-state index contributed by atoms with van der Waals surface area (Å²) in [5.41, 5.74) is 4.23. The zero-order chi connectivity index (χ0) is 22.2. The number of carbonyl (C=O) groups excluding carboxylic acids is 1. The van der Waals surface area contributed by atoms with Gasteiger partial charge in [-0.25, -0.2) is 0 Å². The highest BCUT2D eigenvalue weighted by Crippen LogP contribution is 2.23. The fourth-order valence-corrected chi connectivity index (χ4v) is 4.79. The lowest BCUT2D eigenvalue weighted by molar-refractivity contribution is -0.113. The molecule has 0 aliphatic heterocycles. The number of hydrogen-bond donors (Lipinski definition) is 1. The maximum atomic E-state index is 12.4. The molecule has 3 aromatic rings. The van der Waals surface area contributed by atoms with Crippen LogP contribution in [0.25, 0.3) is 0 Å². The Kier molecular flexibility index (Phi) is 8.63. The van der Waals surface area contributed by atoms with Crippen LogP contribution in [0.15, 0.2) is 60.3 Å². The van der Waals surface area contributed by atoms with E-state index in [4.69, 9.17) is 11.6 Å². The van der Waals surface area contributed by atoms with E-state index in [1.165, 1.54) is 22.9 Å². The van der Waals surface area contributed by atoms with Gasteiger partial charge in [0, 0.05) is 23.0 Å². The molecule has 0 spiro atoms. The molecule has 0 aliphatic rings. The summed E-state index contributed by atoms with van der Waals surface area (Å²) in [5.74, 6) is 2.68. The molecule has 5 nitrogen and oxygen atoms in total. The number of amides is 1. The number of nitrogens with one attached hydrogen (secondary N) is 1. The molecule has 3 rings (SSSR count). The first kappa shape index (κ1) is 23.4. The van der Waals surface area contributed by atoms with Crippen molar-refractivity contribution >= 4 is 46.7 Å². The first-order valence-electron chi connectivity index (χ1n) is 9.81. The molecule has 2 aromatic carbocycles. The molecule has 1 N–H and O–H groups in total. The van der Waals surface area contributed by atoms with Gasteiger partial charge < -0.3 is 9.88 Å². The Hall–Kier alpha value is -2.22. The van der Waals surface area contributed by atoms with Crippen LogP contribution in [0.2, 0.25) is 5.02 Å². The maximum absolute atomic E-state index is 12.4. The fourth-order valence-electron chi connectivity index (χ4n) is 2.87. The number of anilines is 1. The molecule has 0 unspecified atom stereocenters. The van der Waals surface area contributed by atoms with Crippen molar-refractivity contribution in [3.8, 4) is 0 Å². The third-order valence-corrected chi connectivity index (χ3v) is 6.72. The quantitative estimate of drug-likeness (QED) is 0.294. The van der Waals surface area contributed by atoms with E-state index < -0.39 is 0 Å².